The van der Waals surface area contributed by atoms with Gasteiger partial charge in [0.2, 0.25) is 5.88 Å². The summed E-state index contributed by atoms with van der Waals surface area (Å²) in [5, 5.41) is 1.74. The molecule has 2 aromatic rings. The lowest BCUT2D eigenvalue weighted by Crippen LogP contribution is -2.38. The van der Waals surface area contributed by atoms with Crippen molar-refractivity contribution < 1.29 is 9.53 Å². The number of anilines is 1. The van der Waals surface area contributed by atoms with Gasteiger partial charge in [0.05, 0.1) is 12.1 Å². The minimum Gasteiger partial charge on any atom is -0.474 e. The van der Waals surface area contributed by atoms with Crippen LogP contribution in [0.3, 0.4) is 0 Å². The zero-order valence-corrected chi connectivity index (χ0v) is 9.68. The highest BCUT2D eigenvalue weighted by atomic mass is 32.1. The van der Waals surface area contributed by atoms with Crippen LogP contribution in [-0.2, 0) is 0 Å². The number of hydrogen-bond acceptors (Lipinski definition) is 5. The summed E-state index contributed by atoms with van der Waals surface area (Å²) in [6.45, 7) is 0.981. The van der Waals surface area contributed by atoms with E-state index in [0.717, 1.165) is 0 Å². The van der Waals surface area contributed by atoms with Crippen LogP contribution in [0.1, 0.15) is 10.5 Å². The van der Waals surface area contributed by atoms with Crippen LogP contribution in [0.5, 0.6) is 5.88 Å². The molecule has 0 radical (unpaired) electrons. The maximum absolute atomic E-state index is 12.2. The van der Waals surface area contributed by atoms with Crippen molar-refractivity contribution in [2.45, 2.75) is 0 Å². The van der Waals surface area contributed by atoms with Gasteiger partial charge in [-0.05, 0) is 12.1 Å². The van der Waals surface area contributed by atoms with Crippen LogP contribution in [0.2, 0.25) is 0 Å². The first kappa shape index (κ1) is 10.2. The lowest BCUT2D eigenvalue weighted by atomic mass is 10.3. The van der Waals surface area contributed by atoms with Crippen LogP contribution in [0, 0.1) is 0 Å². The molecule has 0 aliphatic carbocycles. The van der Waals surface area contributed by atoms with Crippen LogP contribution in [0.4, 0.5) is 5.69 Å². The Morgan fingerprint density at radius 2 is 2.41 bits per heavy atom. The van der Waals surface area contributed by atoms with Crippen molar-refractivity contribution in [2.24, 2.45) is 0 Å². The van der Waals surface area contributed by atoms with Gasteiger partial charge in [-0.15, -0.1) is 11.3 Å². The molecule has 86 valence electrons. The Balaban J connectivity index is 1.98. The zero-order chi connectivity index (χ0) is 11.7. The van der Waals surface area contributed by atoms with Crippen LogP contribution >= 0.6 is 11.3 Å². The molecule has 3 rings (SSSR count). The highest BCUT2D eigenvalue weighted by molar-refractivity contribution is 7.07. The van der Waals surface area contributed by atoms with E-state index >= 15 is 0 Å². The fraction of sp³-hybridized carbons (Fsp3) is 0.182. The Hall–Kier alpha value is -1.95. The predicted molar refractivity (Wildman–Crippen MR) is 63.5 cm³/mol. The zero-order valence-electron chi connectivity index (χ0n) is 8.87. The molecule has 0 saturated heterocycles. The maximum Gasteiger partial charge on any atom is 0.278 e. The summed E-state index contributed by atoms with van der Waals surface area (Å²) in [7, 11) is 0. The van der Waals surface area contributed by atoms with E-state index in [-0.39, 0.29) is 5.91 Å². The Bertz CT molecular complexity index is 541. The van der Waals surface area contributed by atoms with Gasteiger partial charge >= 0.3 is 0 Å². The van der Waals surface area contributed by atoms with Crippen LogP contribution in [-0.4, -0.2) is 29.0 Å². The number of fused-ring (bicyclic) bond motifs is 1. The van der Waals surface area contributed by atoms with E-state index in [0.29, 0.717) is 30.4 Å². The third-order valence-electron chi connectivity index (χ3n) is 2.49. The molecule has 0 N–H and O–H groups in total. The van der Waals surface area contributed by atoms with Crippen molar-refractivity contribution >= 4 is 22.9 Å². The molecule has 3 heterocycles. The molecule has 5 nitrogen and oxygen atoms in total. The summed E-state index contributed by atoms with van der Waals surface area (Å²) in [4.78, 5) is 22.0. The summed E-state index contributed by atoms with van der Waals surface area (Å²) in [5.74, 6) is 0.395. The third-order valence-corrected chi connectivity index (χ3v) is 3.08. The quantitative estimate of drug-likeness (QED) is 0.767. The lowest BCUT2D eigenvalue weighted by molar-refractivity contribution is 0.0971. The smallest absolute Gasteiger partial charge is 0.278 e. The van der Waals surface area contributed by atoms with Crippen molar-refractivity contribution in [3.8, 4) is 5.88 Å². The van der Waals surface area contributed by atoms with Gasteiger partial charge in [0, 0.05) is 11.6 Å². The molecule has 0 aromatic carbocycles. The first-order chi connectivity index (χ1) is 8.36. The molecule has 1 aliphatic rings. The highest BCUT2D eigenvalue weighted by Gasteiger charge is 2.26. The maximum atomic E-state index is 12.2. The Labute approximate surface area is 102 Å². The number of ether oxygens (including phenoxy) is 1. The summed E-state index contributed by atoms with van der Waals surface area (Å²) in [6, 6.07) is 3.61. The van der Waals surface area contributed by atoms with Crippen LogP contribution in [0.15, 0.2) is 29.2 Å². The molecule has 17 heavy (non-hydrogen) atoms. The van der Waals surface area contributed by atoms with E-state index in [1.807, 2.05) is 6.07 Å². The Kier molecular flexibility index (Phi) is 2.49. The number of pyridine rings is 1. The number of nitrogens with zero attached hydrogens (tertiary/aromatic N) is 3. The number of aromatic nitrogens is 2. The Morgan fingerprint density at radius 3 is 3.24 bits per heavy atom. The van der Waals surface area contributed by atoms with Gasteiger partial charge in [-0.25, -0.2) is 9.97 Å². The number of carbonyl (C=O) groups is 1. The molecule has 0 fully saturated rings. The van der Waals surface area contributed by atoms with E-state index in [9.17, 15) is 4.79 Å². The number of thiazole rings is 1. The van der Waals surface area contributed by atoms with E-state index < -0.39 is 0 Å². The largest absolute Gasteiger partial charge is 0.474 e. The van der Waals surface area contributed by atoms with Crippen LogP contribution < -0.4 is 9.64 Å². The van der Waals surface area contributed by atoms with E-state index in [1.165, 1.54) is 11.3 Å². The molecule has 2 aromatic heterocycles. The van der Waals surface area contributed by atoms with Crippen molar-refractivity contribution in [1.29, 1.82) is 0 Å². The van der Waals surface area contributed by atoms with Crippen LogP contribution in [0.25, 0.3) is 0 Å². The van der Waals surface area contributed by atoms with Gasteiger partial charge in [-0.2, -0.15) is 0 Å². The molecule has 0 saturated carbocycles. The molecule has 6 heteroatoms. The minimum absolute atomic E-state index is 0.108. The number of carbonyl (C=O) groups excluding carboxylic acids is 1. The number of rotatable bonds is 1. The average molecular weight is 247 g/mol. The van der Waals surface area contributed by atoms with Gasteiger partial charge in [0.25, 0.3) is 5.91 Å². The summed E-state index contributed by atoms with van der Waals surface area (Å²) in [5.41, 5.74) is 2.82. The topological polar surface area (TPSA) is 55.3 Å². The SMILES string of the molecule is O=C(c1cscn1)N1CCOc2ncccc21. The second-order valence-corrected chi connectivity index (χ2v) is 4.23. The molecule has 0 spiro atoms. The van der Waals surface area contributed by atoms with E-state index in [1.54, 1.807) is 28.1 Å². The third kappa shape index (κ3) is 1.76. The summed E-state index contributed by atoms with van der Waals surface area (Å²) < 4.78 is 5.40. The monoisotopic (exact) mass is 247 g/mol. The lowest BCUT2D eigenvalue weighted by Gasteiger charge is -2.27. The van der Waals surface area contributed by atoms with Gasteiger partial charge < -0.3 is 4.74 Å². The van der Waals surface area contributed by atoms with Crippen molar-refractivity contribution in [2.75, 3.05) is 18.1 Å². The predicted octanol–water partition coefficient (Wildman–Crippen LogP) is 1.58. The van der Waals surface area contributed by atoms with Gasteiger partial charge in [-0.1, -0.05) is 0 Å². The van der Waals surface area contributed by atoms with E-state index in [4.69, 9.17) is 4.74 Å². The van der Waals surface area contributed by atoms with Gasteiger partial charge in [0.15, 0.2) is 0 Å². The fourth-order valence-corrected chi connectivity index (χ4v) is 2.25. The highest BCUT2D eigenvalue weighted by Crippen LogP contribution is 2.29. The van der Waals surface area contributed by atoms with Gasteiger partial charge in [-0.3, -0.25) is 9.69 Å². The standard InChI is InChI=1S/C11H9N3O2S/c15-11(8-6-17-7-13-8)14-4-5-16-10-9(14)2-1-3-12-10/h1-3,6-7H,4-5H2. The average Bonchev–Trinajstić information content (AvgIpc) is 2.91. The Morgan fingerprint density at radius 1 is 1.47 bits per heavy atom. The molecule has 1 amide bonds. The molecule has 0 atom stereocenters. The van der Waals surface area contributed by atoms with E-state index in [2.05, 4.69) is 9.97 Å². The summed E-state index contributed by atoms with van der Waals surface area (Å²) in [6.07, 6.45) is 1.65. The molecule has 0 bridgehead atoms. The van der Waals surface area contributed by atoms with Crippen molar-refractivity contribution in [3.05, 3.63) is 34.9 Å². The minimum atomic E-state index is -0.108. The molecule has 1 aliphatic heterocycles. The first-order valence-corrected chi connectivity index (χ1v) is 6.08. The fourth-order valence-electron chi connectivity index (χ4n) is 1.72. The summed E-state index contributed by atoms with van der Waals surface area (Å²) >= 11 is 1.41. The molecule has 0 unspecified atom stereocenters. The number of hydrogen-bond donors (Lipinski definition) is 0. The molecular formula is C11H9N3O2S. The number of amides is 1. The van der Waals surface area contributed by atoms with Crippen molar-refractivity contribution in [1.82, 2.24) is 9.97 Å². The van der Waals surface area contributed by atoms with Gasteiger partial charge in [0.1, 0.15) is 18.0 Å². The second kappa shape index (κ2) is 4.14. The molecular weight excluding hydrogens is 238 g/mol. The second-order valence-electron chi connectivity index (χ2n) is 3.51. The van der Waals surface area contributed by atoms with Crippen molar-refractivity contribution in [3.63, 3.8) is 0 Å². The normalized spacial score (nSPS) is 14.0. The first-order valence-electron chi connectivity index (χ1n) is 5.14.